The third-order valence-corrected chi connectivity index (χ3v) is 4.58. The lowest BCUT2D eigenvalue weighted by Crippen LogP contribution is -2.26. The van der Waals surface area contributed by atoms with Crippen molar-refractivity contribution in [3.63, 3.8) is 0 Å². The van der Waals surface area contributed by atoms with Crippen LogP contribution in [-0.2, 0) is 20.8 Å². The average molecular weight is 405 g/mol. The number of amides is 2. The second-order valence-corrected chi connectivity index (χ2v) is 6.42. The Morgan fingerprint density at radius 3 is 2.45 bits per heavy atom. The van der Waals surface area contributed by atoms with E-state index < -0.39 is 42.4 Å². The number of hydroxylamine groups is 1. The van der Waals surface area contributed by atoms with Crippen molar-refractivity contribution in [1.82, 2.24) is 5.48 Å². The molecule has 1 aliphatic carbocycles. The summed E-state index contributed by atoms with van der Waals surface area (Å²) >= 11 is 0. The molecule has 2 aromatic carbocycles. The Morgan fingerprint density at radius 1 is 1.10 bits per heavy atom. The molecule has 29 heavy (non-hydrogen) atoms. The summed E-state index contributed by atoms with van der Waals surface area (Å²) in [5.74, 6) is -3.58. The lowest BCUT2D eigenvalue weighted by atomic mass is 10.0. The predicted octanol–water partition coefficient (Wildman–Crippen LogP) is 4.29. The lowest BCUT2D eigenvalue weighted by molar-refractivity contribution is -0.127. The van der Waals surface area contributed by atoms with E-state index >= 15 is 0 Å². The number of aryl methyl sites for hydroxylation is 1. The fourth-order valence-corrected chi connectivity index (χ4v) is 3.22. The summed E-state index contributed by atoms with van der Waals surface area (Å²) in [5, 5.41) is 2.18. The molecular weight excluding hydrogens is 378 g/mol. The van der Waals surface area contributed by atoms with Gasteiger partial charge in [-0.15, -0.1) is 0 Å². The molecule has 0 fully saturated rings. The van der Waals surface area contributed by atoms with E-state index in [9.17, 15) is 18.4 Å². The predicted molar refractivity (Wildman–Crippen MR) is 106 cm³/mol. The number of carbonyl (C=O) groups excluding carboxylic acids is 2. The van der Waals surface area contributed by atoms with E-state index in [0.717, 1.165) is 12.1 Å². The van der Waals surface area contributed by atoms with Crippen LogP contribution in [0.25, 0.3) is 11.1 Å². The van der Waals surface area contributed by atoms with Crippen molar-refractivity contribution in [1.29, 1.82) is 0 Å². The van der Waals surface area contributed by atoms with Gasteiger partial charge >= 0.3 is 0 Å². The van der Waals surface area contributed by atoms with Gasteiger partial charge in [-0.1, -0.05) is 31.1 Å². The minimum Gasteiger partial charge on any atom is -0.317 e. The molecule has 3 rings (SSSR count). The van der Waals surface area contributed by atoms with Crippen LogP contribution in [0, 0.1) is 11.6 Å². The first-order valence-electron chi connectivity index (χ1n) is 11.3. The third kappa shape index (κ3) is 4.51. The number of benzene rings is 2. The SMILES string of the molecule is [2H]C([2H])([2H])C([2H])([2H])c1cccc(-c2cc(F)c(NC(=O)C3=C(C(=O)NOC)CCC3)c(F)c2)c1. The molecule has 0 heterocycles. The summed E-state index contributed by atoms with van der Waals surface area (Å²) in [6, 6.07) is 7.23. The Kier molecular flexibility index (Phi) is 4.59. The van der Waals surface area contributed by atoms with Crippen LogP contribution in [0.1, 0.15) is 38.5 Å². The van der Waals surface area contributed by atoms with Crippen LogP contribution in [0.15, 0.2) is 47.5 Å². The molecule has 0 aromatic heterocycles. The van der Waals surface area contributed by atoms with Crippen LogP contribution in [-0.4, -0.2) is 18.9 Å². The molecule has 0 saturated heterocycles. The number of hydrogen-bond donors (Lipinski definition) is 2. The number of carbonyl (C=O) groups is 2. The second kappa shape index (κ2) is 8.96. The first-order valence-corrected chi connectivity index (χ1v) is 8.83. The van der Waals surface area contributed by atoms with Crippen molar-refractivity contribution in [3.05, 3.63) is 64.7 Å². The lowest BCUT2D eigenvalue weighted by Gasteiger charge is -2.12. The smallest absolute Gasteiger partial charge is 0.271 e. The van der Waals surface area contributed by atoms with Crippen LogP contribution < -0.4 is 10.8 Å². The summed E-state index contributed by atoms with van der Waals surface area (Å²) in [6.07, 6.45) is -1.56. The summed E-state index contributed by atoms with van der Waals surface area (Å²) in [5.41, 5.74) is 1.76. The monoisotopic (exact) mass is 405 g/mol. The van der Waals surface area contributed by atoms with E-state index in [0.29, 0.717) is 12.8 Å². The molecule has 0 bridgehead atoms. The Labute approximate surface area is 174 Å². The van der Waals surface area contributed by atoms with E-state index in [1.54, 1.807) is 0 Å². The fraction of sp³-hybridized carbons (Fsp3) is 0.273. The van der Waals surface area contributed by atoms with Crippen molar-refractivity contribution in [2.75, 3.05) is 12.4 Å². The number of nitrogens with one attached hydrogen (secondary N) is 2. The normalized spacial score (nSPS) is 17.0. The number of halogens is 2. The molecule has 0 radical (unpaired) electrons. The molecule has 2 N–H and O–H groups in total. The van der Waals surface area contributed by atoms with Crippen molar-refractivity contribution in [2.24, 2.45) is 0 Å². The largest absolute Gasteiger partial charge is 0.317 e. The quantitative estimate of drug-likeness (QED) is 0.705. The maximum Gasteiger partial charge on any atom is 0.271 e. The number of anilines is 1. The van der Waals surface area contributed by atoms with Gasteiger partial charge in [0.1, 0.15) is 17.3 Å². The van der Waals surface area contributed by atoms with E-state index in [1.165, 1.54) is 31.4 Å². The zero-order chi connectivity index (χ0) is 25.3. The Balaban J connectivity index is 1.91. The Morgan fingerprint density at radius 2 is 1.79 bits per heavy atom. The first kappa shape index (κ1) is 14.9. The van der Waals surface area contributed by atoms with Crippen LogP contribution in [0.2, 0.25) is 0 Å². The molecule has 1 aliphatic rings. The highest BCUT2D eigenvalue weighted by Crippen LogP contribution is 2.31. The van der Waals surface area contributed by atoms with Gasteiger partial charge in [-0.3, -0.25) is 14.4 Å². The van der Waals surface area contributed by atoms with Crippen molar-refractivity contribution in [2.45, 2.75) is 32.5 Å². The van der Waals surface area contributed by atoms with Crippen molar-refractivity contribution in [3.8, 4) is 11.1 Å². The zero-order valence-electron chi connectivity index (χ0n) is 20.6. The van der Waals surface area contributed by atoms with Crippen molar-refractivity contribution >= 4 is 17.5 Å². The zero-order valence-corrected chi connectivity index (χ0v) is 15.6. The van der Waals surface area contributed by atoms with E-state index in [-0.39, 0.29) is 34.3 Å². The van der Waals surface area contributed by atoms with Crippen LogP contribution >= 0.6 is 0 Å². The second-order valence-electron chi connectivity index (χ2n) is 6.42. The van der Waals surface area contributed by atoms with Gasteiger partial charge in [0.25, 0.3) is 11.8 Å². The van der Waals surface area contributed by atoms with Gasteiger partial charge in [0.15, 0.2) is 0 Å². The highest BCUT2D eigenvalue weighted by molar-refractivity contribution is 6.10. The maximum absolute atomic E-state index is 14.8. The minimum atomic E-state index is -2.94. The molecule has 5 nitrogen and oxygen atoms in total. The minimum absolute atomic E-state index is 0.0245. The Hall–Kier alpha value is -3.06. The molecule has 2 aromatic rings. The number of rotatable bonds is 6. The third-order valence-electron chi connectivity index (χ3n) is 4.58. The summed E-state index contributed by atoms with van der Waals surface area (Å²) < 4.78 is 67.6. The summed E-state index contributed by atoms with van der Waals surface area (Å²) in [4.78, 5) is 29.2. The molecule has 0 atom stereocenters. The maximum atomic E-state index is 14.8. The molecule has 7 heteroatoms. The molecule has 0 spiro atoms. The molecule has 0 saturated carbocycles. The molecule has 2 amide bonds. The van der Waals surface area contributed by atoms with Crippen molar-refractivity contribution < 1.29 is 30.1 Å². The summed E-state index contributed by atoms with van der Waals surface area (Å²) in [6.45, 7) is -2.94. The molecule has 0 unspecified atom stereocenters. The average Bonchev–Trinajstić information content (AvgIpc) is 3.26. The van der Waals surface area contributed by atoms with Gasteiger partial charge in [-0.05, 0) is 54.5 Å². The van der Waals surface area contributed by atoms with Crippen LogP contribution in [0.5, 0.6) is 0 Å². The standard InChI is InChI=1S/C22H22F2N2O3/c1-3-13-6-4-7-14(10-13)15-11-18(23)20(19(24)12-15)25-21(27)16-8-5-9-17(16)22(28)26-29-2/h4,6-7,10-12H,3,5,8-9H2,1-2H3,(H,25,27)(H,26,28)/i1D3,3D2. The molecule has 152 valence electrons. The van der Waals surface area contributed by atoms with Gasteiger partial charge in [0, 0.05) is 18.0 Å². The molecule has 0 aliphatic heterocycles. The van der Waals surface area contributed by atoms with E-state index in [4.69, 9.17) is 6.85 Å². The fourth-order valence-electron chi connectivity index (χ4n) is 3.22. The van der Waals surface area contributed by atoms with Gasteiger partial charge < -0.3 is 5.32 Å². The van der Waals surface area contributed by atoms with E-state index in [1.807, 2.05) is 0 Å². The van der Waals surface area contributed by atoms with E-state index in [2.05, 4.69) is 15.6 Å². The number of hydrogen-bond acceptors (Lipinski definition) is 3. The summed E-state index contributed by atoms with van der Waals surface area (Å²) in [7, 11) is 1.24. The van der Waals surface area contributed by atoms with Crippen LogP contribution in [0.3, 0.4) is 0 Å². The van der Waals surface area contributed by atoms with Gasteiger partial charge in [-0.25, -0.2) is 14.3 Å². The van der Waals surface area contributed by atoms with Gasteiger partial charge in [0.2, 0.25) is 0 Å². The van der Waals surface area contributed by atoms with Gasteiger partial charge in [-0.2, -0.15) is 0 Å². The Bertz CT molecular complexity index is 1140. The highest BCUT2D eigenvalue weighted by atomic mass is 19.1. The van der Waals surface area contributed by atoms with Gasteiger partial charge in [0.05, 0.1) is 7.11 Å². The topological polar surface area (TPSA) is 67.4 Å². The molecular formula is C22H22F2N2O3. The highest BCUT2D eigenvalue weighted by Gasteiger charge is 2.27. The first-order chi connectivity index (χ1) is 15.9. The van der Waals surface area contributed by atoms with Crippen LogP contribution in [0.4, 0.5) is 14.5 Å².